The second kappa shape index (κ2) is 9.22. The lowest BCUT2D eigenvalue weighted by Gasteiger charge is -2.36. The molecule has 11 heteroatoms. The molecule has 4 rings (SSSR count). The van der Waals surface area contributed by atoms with Crippen molar-refractivity contribution in [3.05, 3.63) is 33.5 Å². The maximum atomic E-state index is 13.0. The van der Waals surface area contributed by atoms with Gasteiger partial charge in [-0.1, -0.05) is 13.0 Å². The zero-order valence-corrected chi connectivity index (χ0v) is 20.5. The Labute approximate surface area is 195 Å². The van der Waals surface area contributed by atoms with E-state index in [0.29, 0.717) is 41.3 Å². The van der Waals surface area contributed by atoms with Gasteiger partial charge in [-0.25, -0.2) is 13.2 Å². The number of carbonyl (C=O) groups excluding carboxylic acids is 1. The van der Waals surface area contributed by atoms with E-state index in [9.17, 15) is 23.1 Å². The lowest BCUT2D eigenvalue weighted by molar-refractivity contribution is -0.121. The van der Waals surface area contributed by atoms with E-state index in [1.54, 1.807) is 24.4 Å². The Balaban J connectivity index is 1.42. The smallest absolute Gasteiger partial charge is 0.339 e. The normalized spacial score (nSPS) is 21.1. The number of amides is 1. The fourth-order valence-corrected chi connectivity index (χ4v) is 8.29. The highest BCUT2D eigenvalue weighted by molar-refractivity contribution is 7.91. The number of hydrogen-bond acceptors (Lipinski definition) is 7. The first kappa shape index (κ1) is 23.4. The molecular weight excluding hydrogens is 470 g/mol. The lowest BCUT2D eigenvalue weighted by Crippen LogP contribution is -2.53. The summed E-state index contributed by atoms with van der Waals surface area (Å²) >= 11 is 2.57. The first-order valence-electron chi connectivity index (χ1n) is 10.6. The van der Waals surface area contributed by atoms with Crippen LogP contribution < -0.4 is 5.32 Å². The SMILES string of the molecule is C[C@H]1CCc2c(sc(NC(=O)[C@@H](C)N3CCN(S(=O)(=O)c4cccs4)CC3)c2C(=O)O)C1. The number of sulfonamides is 1. The second-order valence-electron chi connectivity index (χ2n) is 8.40. The average molecular weight is 498 g/mol. The van der Waals surface area contributed by atoms with Crippen LogP contribution in [0.25, 0.3) is 0 Å². The average Bonchev–Trinajstić information content (AvgIpc) is 3.41. The van der Waals surface area contributed by atoms with E-state index in [-0.39, 0.29) is 11.5 Å². The van der Waals surface area contributed by atoms with Crippen LogP contribution in [0.4, 0.5) is 5.00 Å². The second-order valence-corrected chi connectivity index (χ2v) is 12.6. The number of carbonyl (C=O) groups is 2. The van der Waals surface area contributed by atoms with Gasteiger partial charge in [0.25, 0.3) is 10.0 Å². The molecule has 3 heterocycles. The van der Waals surface area contributed by atoms with Gasteiger partial charge in [0.15, 0.2) is 0 Å². The zero-order valence-electron chi connectivity index (χ0n) is 18.0. The van der Waals surface area contributed by atoms with Crippen LogP contribution in [0.2, 0.25) is 0 Å². The third-order valence-electron chi connectivity index (χ3n) is 6.25. The summed E-state index contributed by atoms with van der Waals surface area (Å²) in [6, 6.07) is 2.82. The summed E-state index contributed by atoms with van der Waals surface area (Å²) in [5.41, 5.74) is 1.08. The monoisotopic (exact) mass is 497 g/mol. The van der Waals surface area contributed by atoms with Gasteiger partial charge in [-0.3, -0.25) is 9.69 Å². The van der Waals surface area contributed by atoms with Gasteiger partial charge in [0.05, 0.1) is 11.6 Å². The third-order valence-corrected chi connectivity index (χ3v) is 10.7. The van der Waals surface area contributed by atoms with Crippen molar-refractivity contribution in [2.45, 2.75) is 43.4 Å². The van der Waals surface area contributed by atoms with E-state index >= 15 is 0 Å². The number of rotatable bonds is 6. The van der Waals surface area contributed by atoms with Crippen molar-refractivity contribution in [3.63, 3.8) is 0 Å². The van der Waals surface area contributed by atoms with Crippen molar-refractivity contribution in [2.75, 3.05) is 31.5 Å². The van der Waals surface area contributed by atoms with Gasteiger partial charge < -0.3 is 10.4 Å². The van der Waals surface area contributed by atoms with Gasteiger partial charge in [-0.2, -0.15) is 4.31 Å². The molecule has 8 nitrogen and oxygen atoms in total. The Kier molecular flexibility index (Phi) is 6.73. The molecule has 0 spiro atoms. The van der Waals surface area contributed by atoms with E-state index in [1.165, 1.54) is 27.0 Å². The number of piperazine rings is 1. The van der Waals surface area contributed by atoms with Crippen molar-refractivity contribution in [2.24, 2.45) is 5.92 Å². The van der Waals surface area contributed by atoms with Crippen molar-refractivity contribution in [1.29, 1.82) is 0 Å². The highest BCUT2D eigenvalue weighted by Crippen LogP contribution is 2.39. The van der Waals surface area contributed by atoms with Crippen LogP contribution in [0.3, 0.4) is 0 Å². The number of thiophene rings is 2. The minimum Gasteiger partial charge on any atom is -0.478 e. The van der Waals surface area contributed by atoms with Crippen LogP contribution >= 0.6 is 22.7 Å². The quantitative estimate of drug-likeness (QED) is 0.636. The van der Waals surface area contributed by atoms with Crippen LogP contribution in [0.5, 0.6) is 0 Å². The maximum Gasteiger partial charge on any atom is 0.339 e. The fourth-order valence-electron chi connectivity index (χ4n) is 4.32. The minimum absolute atomic E-state index is 0.226. The molecule has 0 bridgehead atoms. The molecule has 1 saturated heterocycles. The van der Waals surface area contributed by atoms with Crippen molar-refractivity contribution >= 4 is 49.6 Å². The molecule has 1 aliphatic carbocycles. The Morgan fingerprint density at radius 3 is 2.59 bits per heavy atom. The summed E-state index contributed by atoms with van der Waals surface area (Å²) in [7, 11) is -3.50. The molecule has 0 aromatic carbocycles. The summed E-state index contributed by atoms with van der Waals surface area (Å²) in [6.07, 6.45) is 2.51. The highest BCUT2D eigenvalue weighted by atomic mass is 32.2. The van der Waals surface area contributed by atoms with Gasteiger partial charge in [0.1, 0.15) is 9.21 Å². The number of anilines is 1. The Bertz CT molecular complexity index is 1100. The standard InChI is InChI=1S/C21H27N3O5S3/c1-13-5-6-15-16(12-13)31-20(18(15)21(26)27)22-19(25)14(2)23-7-9-24(10-8-23)32(28,29)17-4-3-11-30-17/h3-4,11,13-14H,5-10,12H2,1-2H3,(H,22,25)(H,26,27)/t13-,14+/m0/s1. The summed E-state index contributed by atoms with van der Waals surface area (Å²) in [6.45, 7) is 5.41. The molecule has 2 aromatic rings. The highest BCUT2D eigenvalue weighted by Gasteiger charge is 2.33. The first-order chi connectivity index (χ1) is 15.2. The van der Waals surface area contributed by atoms with Gasteiger partial charge in [0.2, 0.25) is 5.91 Å². The van der Waals surface area contributed by atoms with Gasteiger partial charge in [-0.05, 0) is 49.1 Å². The minimum atomic E-state index is -3.50. The van der Waals surface area contributed by atoms with E-state index in [0.717, 1.165) is 29.7 Å². The van der Waals surface area contributed by atoms with E-state index < -0.39 is 22.0 Å². The topological polar surface area (TPSA) is 107 Å². The number of carboxylic acid groups (broad SMARTS) is 1. The van der Waals surface area contributed by atoms with Crippen molar-refractivity contribution in [1.82, 2.24) is 9.21 Å². The molecule has 174 valence electrons. The number of carboxylic acids is 1. The van der Waals surface area contributed by atoms with E-state index in [1.807, 2.05) is 4.90 Å². The number of nitrogens with zero attached hydrogens (tertiary/aromatic N) is 2. The van der Waals surface area contributed by atoms with Crippen LogP contribution in [0.15, 0.2) is 21.7 Å². The molecule has 0 radical (unpaired) electrons. The molecule has 0 saturated carbocycles. The number of aromatic carboxylic acids is 1. The largest absolute Gasteiger partial charge is 0.478 e. The Morgan fingerprint density at radius 1 is 1.25 bits per heavy atom. The predicted molar refractivity (Wildman–Crippen MR) is 125 cm³/mol. The number of nitrogens with one attached hydrogen (secondary N) is 1. The fraction of sp³-hybridized carbons (Fsp3) is 0.524. The Morgan fingerprint density at radius 2 is 1.97 bits per heavy atom. The molecule has 2 aromatic heterocycles. The maximum absolute atomic E-state index is 13.0. The molecule has 32 heavy (non-hydrogen) atoms. The van der Waals surface area contributed by atoms with Gasteiger partial charge in [0, 0.05) is 31.1 Å². The molecule has 1 aliphatic heterocycles. The molecule has 0 unspecified atom stereocenters. The van der Waals surface area contributed by atoms with E-state index in [2.05, 4.69) is 12.2 Å². The number of hydrogen-bond donors (Lipinski definition) is 2. The molecule has 1 fully saturated rings. The molecular formula is C21H27N3O5S3. The van der Waals surface area contributed by atoms with E-state index in [4.69, 9.17) is 0 Å². The summed E-state index contributed by atoms with van der Waals surface area (Å²) < 4.78 is 27.2. The molecule has 2 N–H and O–H groups in total. The molecule has 2 atom stereocenters. The van der Waals surface area contributed by atoms with Crippen LogP contribution in [0.1, 0.15) is 41.1 Å². The van der Waals surface area contributed by atoms with Crippen molar-refractivity contribution in [3.8, 4) is 0 Å². The zero-order chi connectivity index (χ0) is 23.0. The summed E-state index contributed by atoms with van der Waals surface area (Å²) in [5.74, 6) is -0.770. The molecule has 1 amide bonds. The number of fused-ring (bicyclic) bond motifs is 1. The third kappa shape index (κ3) is 4.49. The van der Waals surface area contributed by atoms with Gasteiger partial charge in [-0.15, -0.1) is 22.7 Å². The summed E-state index contributed by atoms with van der Waals surface area (Å²) in [5, 5.41) is 14.7. The molecule has 2 aliphatic rings. The predicted octanol–water partition coefficient (Wildman–Crippen LogP) is 2.97. The van der Waals surface area contributed by atoms with Gasteiger partial charge >= 0.3 is 5.97 Å². The lowest BCUT2D eigenvalue weighted by atomic mass is 9.88. The van der Waals surface area contributed by atoms with Crippen LogP contribution in [-0.2, 0) is 27.7 Å². The Hall–Kier alpha value is -1.79. The first-order valence-corrected chi connectivity index (χ1v) is 13.8. The van der Waals surface area contributed by atoms with Crippen molar-refractivity contribution < 1.29 is 23.1 Å². The van der Waals surface area contributed by atoms with Crippen LogP contribution in [0, 0.1) is 5.92 Å². The summed E-state index contributed by atoms with van der Waals surface area (Å²) in [4.78, 5) is 27.8. The van der Waals surface area contributed by atoms with Crippen LogP contribution in [-0.4, -0.2) is 66.8 Å².